The molecule has 216 valence electrons. The smallest absolute Gasteiger partial charge is 0.287 e. The molecule has 2 saturated carbocycles. The van der Waals surface area contributed by atoms with E-state index in [1.54, 1.807) is 23.2 Å². The van der Waals surface area contributed by atoms with E-state index in [0.717, 1.165) is 25.7 Å². The van der Waals surface area contributed by atoms with Gasteiger partial charge in [0.2, 0.25) is 17.6 Å². The van der Waals surface area contributed by atoms with Crippen LogP contribution in [0.2, 0.25) is 0 Å². The van der Waals surface area contributed by atoms with Crippen molar-refractivity contribution >= 4 is 34.7 Å². The number of pyridine rings is 1. The van der Waals surface area contributed by atoms with Crippen LogP contribution in [0.3, 0.4) is 0 Å². The van der Waals surface area contributed by atoms with Gasteiger partial charge >= 0.3 is 0 Å². The maximum Gasteiger partial charge on any atom is 0.287 e. The monoisotopic (exact) mass is 551 g/mol. The molecule has 10 heteroatoms. The molecular weight excluding hydrogens is 510 g/mol. The molecule has 0 aromatic carbocycles. The molecule has 2 aliphatic carbocycles. The molecule has 2 aromatic heterocycles. The van der Waals surface area contributed by atoms with Crippen molar-refractivity contribution in [1.82, 2.24) is 20.2 Å². The van der Waals surface area contributed by atoms with Gasteiger partial charge in [0, 0.05) is 19.2 Å². The number of hydrogen-bond donors (Lipinski definition) is 2. The van der Waals surface area contributed by atoms with Gasteiger partial charge in [0.1, 0.15) is 6.04 Å². The minimum Gasteiger partial charge on any atom is -0.439 e. The van der Waals surface area contributed by atoms with E-state index < -0.39 is 41.0 Å². The second kappa shape index (κ2) is 9.96. The summed E-state index contributed by atoms with van der Waals surface area (Å²) in [5, 5.41) is 2.84. The van der Waals surface area contributed by atoms with Crippen LogP contribution in [-0.4, -0.2) is 57.0 Å². The Balaban J connectivity index is 1.40. The summed E-state index contributed by atoms with van der Waals surface area (Å²) >= 11 is 0. The molecular formula is C30H41N5O5. The first-order chi connectivity index (χ1) is 18.7. The van der Waals surface area contributed by atoms with Gasteiger partial charge in [-0.05, 0) is 53.6 Å². The zero-order valence-electron chi connectivity index (χ0n) is 24.2. The summed E-state index contributed by atoms with van der Waals surface area (Å²) in [4.78, 5) is 63.0. The Morgan fingerprint density at radius 3 is 2.48 bits per heavy atom. The summed E-state index contributed by atoms with van der Waals surface area (Å²) in [6.45, 7) is 10.8. The van der Waals surface area contributed by atoms with Gasteiger partial charge in [-0.25, -0.2) is 4.98 Å². The zero-order chi connectivity index (χ0) is 29.0. The molecule has 10 nitrogen and oxygen atoms in total. The van der Waals surface area contributed by atoms with Crippen LogP contribution in [0.4, 0.5) is 0 Å². The normalized spacial score (nSPS) is 25.4. The van der Waals surface area contributed by atoms with Crippen molar-refractivity contribution in [3.8, 4) is 0 Å². The number of fused-ring (bicyclic) bond motifs is 1. The molecule has 3 amide bonds. The van der Waals surface area contributed by atoms with Crippen molar-refractivity contribution in [1.29, 1.82) is 0 Å². The van der Waals surface area contributed by atoms with Crippen molar-refractivity contribution in [2.24, 2.45) is 33.8 Å². The Bertz CT molecular complexity index is 1310. The Morgan fingerprint density at radius 1 is 1.23 bits per heavy atom. The van der Waals surface area contributed by atoms with Crippen molar-refractivity contribution < 1.29 is 23.6 Å². The number of aromatic nitrogens is 2. The minimum absolute atomic E-state index is 0.00186. The fourth-order valence-corrected chi connectivity index (χ4v) is 6.64. The summed E-state index contributed by atoms with van der Waals surface area (Å²) in [6, 6.07) is 1.85. The SMILES string of the molecule is CC(C)(C)[C@H](Cc1nc2ncccc2o1)C(=O)N1C[C@]2(CC1C(=O)NC(CC1CCC1)C(=O)C(N)=O)CC2(C)C. The summed E-state index contributed by atoms with van der Waals surface area (Å²) in [7, 11) is 0. The quantitative estimate of drug-likeness (QED) is 0.455. The van der Waals surface area contributed by atoms with Crippen LogP contribution in [0.25, 0.3) is 11.2 Å². The van der Waals surface area contributed by atoms with Crippen molar-refractivity contribution in [2.45, 2.75) is 91.6 Å². The van der Waals surface area contributed by atoms with Gasteiger partial charge in [-0.2, -0.15) is 4.98 Å². The molecule has 3 N–H and O–H groups in total. The molecule has 3 heterocycles. The van der Waals surface area contributed by atoms with Gasteiger partial charge in [-0.1, -0.05) is 53.9 Å². The number of hydrogen-bond acceptors (Lipinski definition) is 7. The lowest BCUT2D eigenvalue weighted by Gasteiger charge is -2.35. The molecule has 5 rings (SSSR count). The number of carbonyl (C=O) groups is 4. The Hall–Kier alpha value is -3.30. The molecule has 3 aliphatic rings. The maximum absolute atomic E-state index is 14.3. The molecule has 1 spiro atoms. The largest absolute Gasteiger partial charge is 0.439 e. The number of rotatable bonds is 9. The van der Waals surface area contributed by atoms with Crippen LogP contribution < -0.4 is 11.1 Å². The van der Waals surface area contributed by atoms with Gasteiger partial charge in [-0.3, -0.25) is 19.2 Å². The van der Waals surface area contributed by atoms with E-state index in [2.05, 4.69) is 29.1 Å². The number of amides is 3. The number of likely N-dealkylation sites (tertiary alicyclic amines) is 1. The predicted octanol–water partition coefficient (Wildman–Crippen LogP) is 3.17. The fourth-order valence-electron chi connectivity index (χ4n) is 6.64. The first kappa shape index (κ1) is 28.2. The van der Waals surface area contributed by atoms with Crippen molar-refractivity contribution in [3.63, 3.8) is 0 Å². The minimum atomic E-state index is -1.05. The summed E-state index contributed by atoms with van der Waals surface area (Å²) in [5.74, 6) is -2.18. The molecule has 40 heavy (non-hydrogen) atoms. The van der Waals surface area contributed by atoms with Crippen LogP contribution in [0.15, 0.2) is 22.7 Å². The highest BCUT2D eigenvalue weighted by Crippen LogP contribution is 2.69. The third kappa shape index (κ3) is 5.24. The molecule has 3 fully saturated rings. The van der Waals surface area contributed by atoms with Crippen LogP contribution >= 0.6 is 0 Å². The summed E-state index contributed by atoms with van der Waals surface area (Å²) in [6.07, 6.45) is 6.73. The van der Waals surface area contributed by atoms with E-state index >= 15 is 0 Å². The van der Waals surface area contributed by atoms with E-state index in [1.807, 2.05) is 20.8 Å². The first-order valence-electron chi connectivity index (χ1n) is 14.4. The number of nitrogens with zero attached hydrogens (tertiary/aromatic N) is 3. The van der Waals surface area contributed by atoms with Crippen LogP contribution in [0.1, 0.15) is 79.0 Å². The number of nitrogens with two attached hydrogens (primary N) is 1. The number of Topliss-reactive ketones (excluding diaryl/α,β-unsaturated/α-hetero) is 1. The van der Waals surface area contributed by atoms with Crippen molar-refractivity contribution in [3.05, 3.63) is 24.2 Å². The van der Waals surface area contributed by atoms with Crippen LogP contribution in [0, 0.1) is 28.1 Å². The Kier molecular flexibility index (Phi) is 7.03. The Labute approximate surface area is 234 Å². The van der Waals surface area contributed by atoms with Gasteiger partial charge < -0.3 is 20.4 Å². The average Bonchev–Trinajstić information content (AvgIpc) is 3.18. The molecule has 0 bridgehead atoms. The standard InChI is InChI=1S/C30H41N5O5/c1-28(2,3)18(13-22-34-25-21(40-22)10-7-11-32-25)27(39)35-16-30(15-29(30,4)5)14-20(35)26(38)33-19(23(36)24(31)37)12-17-8-6-9-17/h7,10-11,17-20H,6,8-9,12-16H2,1-5H3,(H2,31,37)(H,33,38)/t18-,19?,20?,30+/m1/s1. The van der Waals surface area contributed by atoms with Gasteiger partial charge in [0.15, 0.2) is 17.1 Å². The highest BCUT2D eigenvalue weighted by atomic mass is 16.3. The number of oxazole rings is 1. The highest BCUT2D eigenvalue weighted by molar-refractivity contribution is 6.37. The maximum atomic E-state index is 14.3. The third-order valence-electron chi connectivity index (χ3n) is 9.71. The second-order valence-corrected chi connectivity index (χ2v) is 13.9. The van der Waals surface area contributed by atoms with Crippen molar-refractivity contribution in [2.75, 3.05) is 6.54 Å². The van der Waals surface area contributed by atoms with Gasteiger partial charge in [0.05, 0.1) is 12.0 Å². The lowest BCUT2D eigenvalue weighted by molar-refractivity contribution is -0.145. The van der Waals surface area contributed by atoms with Crippen LogP contribution in [0.5, 0.6) is 0 Å². The number of primary amides is 1. The first-order valence-corrected chi connectivity index (χ1v) is 14.4. The van der Waals surface area contributed by atoms with E-state index in [4.69, 9.17) is 10.2 Å². The highest BCUT2D eigenvalue weighted by Gasteiger charge is 2.67. The van der Waals surface area contributed by atoms with E-state index in [9.17, 15) is 19.2 Å². The Morgan fingerprint density at radius 2 is 1.93 bits per heavy atom. The summed E-state index contributed by atoms with van der Waals surface area (Å²) < 4.78 is 5.92. The van der Waals surface area contributed by atoms with Crippen LogP contribution in [-0.2, 0) is 25.6 Å². The zero-order valence-corrected chi connectivity index (χ0v) is 24.2. The second-order valence-electron chi connectivity index (χ2n) is 13.9. The topological polar surface area (TPSA) is 148 Å². The molecule has 2 aromatic rings. The average molecular weight is 552 g/mol. The lowest BCUT2D eigenvalue weighted by atomic mass is 9.77. The molecule has 2 unspecified atom stereocenters. The molecule has 4 atom stereocenters. The van der Waals surface area contributed by atoms with E-state index in [1.165, 1.54) is 0 Å². The lowest BCUT2D eigenvalue weighted by Crippen LogP contribution is -2.55. The number of nitrogens with one attached hydrogen (secondary N) is 1. The number of ketones is 1. The number of carbonyl (C=O) groups excluding carboxylic acids is 4. The molecule has 1 aliphatic heterocycles. The molecule has 1 saturated heterocycles. The van der Waals surface area contributed by atoms with Gasteiger partial charge in [0.25, 0.3) is 5.91 Å². The van der Waals surface area contributed by atoms with E-state index in [0.29, 0.717) is 36.5 Å². The predicted molar refractivity (Wildman–Crippen MR) is 147 cm³/mol. The fraction of sp³-hybridized carbons (Fsp3) is 0.667. The summed E-state index contributed by atoms with van der Waals surface area (Å²) in [5.41, 5.74) is 5.77. The van der Waals surface area contributed by atoms with E-state index in [-0.39, 0.29) is 29.1 Å². The third-order valence-corrected chi connectivity index (χ3v) is 9.71. The molecule has 0 radical (unpaired) electrons. The van der Waals surface area contributed by atoms with Gasteiger partial charge in [-0.15, -0.1) is 0 Å².